The highest BCUT2D eigenvalue weighted by Gasteiger charge is 2.27. The number of thiophene rings is 1. The molecule has 114 valence electrons. The third-order valence-corrected chi connectivity index (χ3v) is 5.30. The molecule has 1 unspecified atom stereocenters. The SMILES string of the molecule is COc1cnn(C(C)C)c1C(NN)c1cc2c(s1)CCC2. The average molecular weight is 306 g/mol. The Morgan fingerprint density at radius 2 is 2.24 bits per heavy atom. The summed E-state index contributed by atoms with van der Waals surface area (Å²) in [5, 5.41) is 4.44. The van der Waals surface area contributed by atoms with Crippen LogP contribution >= 0.6 is 11.3 Å². The Hall–Kier alpha value is -1.37. The summed E-state index contributed by atoms with van der Waals surface area (Å²) in [6.45, 7) is 4.22. The van der Waals surface area contributed by atoms with Crippen molar-refractivity contribution in [1.29, 1.82) is 0 Å². The van der Waals surface area contributed by atoms with Crippen molar-refractivity contribution in [3.05, 3.63) is 33.3 Å². The number of nitrogens with one attached hydrogen (secondary N) is 1. The van der Waals surface area contributed by atoms with Gasteiger partial charge in [0.25, 0.3) is 0 Å². The molecule has 2 aromatic rings. The Morgan fingerprint density at radius 3 is 2.86 bits per heavy atom. The molecular weight excluding hydrogens is 284 g/mol. The van der Waals surface area contributed by atoms with Gasteiger partial charge >= 0.3 is 0 Å². The molecule has 0 radical (unpaired) electrons. The van der Waals surface area contributed by atoms with E-state index in [0.29, 0.717) is 0 Å². The van der Waals surface area contributed by atoms with Gasteiger partial charge in [0.05, 0.1) is 13.3 Å². The maximum Gasteiger partial charge on any atom is 0.162 e. The first-order valence-electron chi connectivity index (χ1n) is 7.34. The first kappa shape index (κ1) is 14.6. The average Bonchev–Trinajstić information content (AvgIpc) is 3.12. The standard InChI is InChI=1S/C15H22N4OS/c1-9(2)19-15(11(20-3)8-17-19)14(18-16)13-7-10-5-4-6-12(10)21-13/h7-9,14,18H,4-6,16H2,1-3H3. The van der Waals surface area contributed by atoms with Gasteiger partial charge in [0.15, 0.2) is 5.75 Å². The van der Waals surface area contributed by atoms with Gasteiger partial charge in [-0.3, -0.25) is 10.5 Å². The Labute approximate surface area is 129 Å². The highest BCUT2D eigenvalue weighted by atomic mass is 32.1. The number of hydrogen-bond acceptors (Lipinski definition) is 5. The second-order valence-corrected chi connectivity index (χ2v) is 6.86. The fourth-order valence-electron chi connectivity index (χ4n) is 2.99. The number of nitrogens with two attached hydrogens (primary N) is 1. The number of hydrazine groups is 1. The molecule has 1 aliphatic rings. The van der Waals surface area contributed by atoms with Crippen molar-refractivity contribution in [2.45, 2.75) is 45.2 Å². The summed E-state index contributed by atoms with van der Waals surface area (Å²) in [7, 11) is 1.67. The number of aromatic nitrogens is 2. The van der Waals surface area contributed by atoms with Crippen LogP contribution in [0.2, 0.25) is 0 Å². The molecule has 0 bridgehead atoms. The largest absolute Gasteiger partial charge is 0.493 e. The lowest BCUT2D eigenvalue weighted by molar-refractivity contribution is 0.395. The highest BCUT2D eigenvalue weighted by Crippen LogP contribution is 2.38. The minimum Gasteiger partial charge on any atom is -0.493 e. The van der Waals surface area contributed by atoms with Gasteiger partial charge in [-0.05, 0) is 44.7 Å². The predicted octanol–water partition coefficient (Wildman–Crippen LogP) is 2.58. The molecule has 1 atom stereocenters. The van der Waals surface area contributed by atoms with Crippen LogP contribution in [0.25, 0.3) is 0 Å². The molecule has 0 aliphatic heterocycles. The lowest BCUT2D eigenvalue weighted by atomic mass is 10.1. The topological polar surface area (TPSA) is 65.1 Å². The van der Waals surface area contributed by atoms with Crippen LogP contribution in [-0.4, -0.2) is 16.9 Å². The van der Waals surface area contributed by atoms with Crippen LogP contribution in [0, 0.1) is 0 Å². The zero-order valence-corrected chi connectivity index (χ0v) is 13.5. The predicted molar refractivity (Wildman–Crippen MR) is 84.7 cm³/mol. The second kappa shape index (κ2) is 5.79. The number of aryl methyl sites for hydroxylation is 2. The second-order valence-electron chi connectivity index (χ2n) is 5.69. The lowest BCUT2D eigenvalue weighted by Crippen LogP contribution is -2.31. The summed E-state index contributed by atoms with van der Waals surface area (Å²) in [5.74, 6) is 6.65. The summed E-state index contributed by atoms with van der Waals surface area (Å²) in [4.78, 5) is 2.74. The first-order valence-corrected chi connectivity index (χ1v) is 8.16. The lowest BCUT2D eigenvalue weighted by Gasteiger charge is -2.20. The summed E-state index contributed by atoms with van der Waals surface area (Å²) < 4.78 is 7.46. The van der Waals surface area contributed by atoms with Gasteiger partial charge in [-0.15, -0.1) is 11.3 Å². The zero-order chi connectivity index (χ0) is 15.0. The van der Waals surface area contributed by atoms with Crippen molar-refractivity contribution in [1.82, 2.24) is 15.2 Å². The minimum atomic E-state index is -0.0829. The van der Waals surface area contributed by atoms with Crippen LogP contribution in [0.15, 0.2) is 12.3 Å². The van der Waals surface area contributed by atoms with E-state index in [-0.39, 0.29) is 12.1 Å². The summed E-state index contributed by atoms with van der Waals surface area (Å²) >= 11 is 1.85. The first-order chi connectivity index (χ1) is 10.2. The molecule has 0 amide bonds. The van der Waals surface area contributed by atoms with Crippen molar-refractivity contribution in [2.75, 3.05) is 7.11 Å². The molecule has 0 aromatic carbocycles. The van der Waals surface area contributed by atoms with E-state index in [9.17, 15) is 0 Å². The third-order valence-electron chi connectivity index (χ3n) is 4.00. The molecule has 2 aromatic heterocycles. The van der Waals surface area contributed by atoms with E-state index >= 15 is 0 Å². The molecule has 0 spiro atoms. The minimum absolute atomic E-state index is 0.0829. The molecular formula is C15H22N4OS. The van der Waals surface area contributed by atoms with E-state index in [1.807, 2.05) is 16.0 Å². The number of ether oxygens (including phenoxy) is 1. The Bertz CT molecular complexity index is 610. The highest BCUT2D eigenvalue weighted by molar-refractivity contribution is 7.12. The van der Waals surface area contributed by atoms with Crippen LogP contribution in [0.5, 0.6) is 5.75 Å². The van der Waals surface area contributed by atoms with Crippen LogP contribution in [0.4, 0.5) is 0 Å². The van der Waals surface area contributed by atoms with E-state index < -0.39 is 0 Å². The summed E-state index contributed by atoms with van der Waals surface area (Å²) in [6, 6.07) is 2.46. The van der Waals surface area contributed by atoms with Gasteiger partial charge in [-0.2, -0.15) is 5.10 Å². The molecule has 5 nitrogen and oxygen atoms in total. The molecule has 0 saturated carbocycles. The van der Waals surface area contributed by atoms with Crippen molar-refractivity contribution in [3.8, 4) is 5.75 Å². The molecule has 6 heteroatoms. The third kappa shape index (κ3) is 2.47. The van der Waals surface area contributed by atoms with Crippen molar-refractivity contribution in [2.24, 2.45) is 5.84 Å². The number of hydrogen-bond donors (Lipinski definition) is 2. The van der Waals surface area contributed by atoms with Gasteiger partial charge in [0.2, 0.25) is 0 Å². The van der Waals surface area contributed by atoms with Gasteiger partial charge in [0.1, 0.15) is 11.7 Å². The number of nitrogens with zero attached hydrogens (tertiary/aromatic N) is 2. The zero-order valence-electron chi connectivity index (χ0n) is 12.7. The molecule has 21 heavy (non-hydrogen) atoms. The Balaban J connectivity index is 2.04. The van der Waals surface area contributed by atoms with Crippen LogP contribution < -0.4 is 16.0 Å². The quantitative estimate of drug-likeness (QED) is 0.658. The fourth-order valence-corrected chi connectivity index (χ4v) is 4.31. The van der Waals surface area contributed by atoms with E-state index in [0.717, 1.165) is 11.4 Å². The molecule has 3 rings (SSSR count). The monoisotopic (exact) mass is 306 g/mol. The Morgan fingerprint density at radius 1 is 1.43 bits per heavy atom. The smallest absolute Gasteiger partial charge is 0.162 e. The van der Waals surface area contributed by atoms with Gasteiger partial charge < -0.3 is 4.74 Å². The summed E-state index contributed by atoms with van der Waals surface area (Å²) in [6.07, 6.45) is 5.41. The van der Waals surface area contributed by atoms with Gasteiger partial charge in [-0.25, -0.2) is 5.43 Å². The normalized spacial score (nSPS) is 15.5. The van der Waals surface area contributed by atoms with E-state index in [4.69, 9.17) is 10.6 Å². The van der Waals surface area contributed by atoms with Crippen LogP contribution in [-0.2, 0) is 12.8 Å². The maximum absolute atomic E-state index is 5.87. The van der Waals surface area contributed by atoms with Crippen molar-refractivity contribution in [3.63, 3.8) is 0 Å². The van der Waals surface area contributed by atoms with Crippen molar-refractivity contribution >= 4 is 11.3 Å². The number of rotatable bonds is 5. The molecule has 3 N–H and O–H groups in total. The van der Waals surface area contributed by atoms with E-state index in [1.54, 1.807) is 13.3 Å². The van der Waals surface area contributed by atoms with Crippen molar-refractivity contribution < 1.29 is 4.74 Å². The maximum atomic E-state index is 5.87. The Kier molecular flexibility index (Phi) is 4.01. The van der Waals surface area contributed by atoms with Crippen LogP contribution in [0.3, 0.4) is 0 Å². The van der Waals surface area contributed by atoms with Gasteiger partial charge in [0, 0.05) is 15.8 Å². The molecule has 0 fully saturated rings. The van der Waals surface area contributed by atoms with Crippen LogP contribution in [0.1, 0.15) is 53.4 Å². The van der Waals surface area contributed by atoms with E-state index in [1.165, 1.54) is 34.6 Å². The van der Waals surface area contributed by atoms with Gasteiger partial charge in [-0.1, -0.05) is 0 Å². The molecule has 2 heterocycles. The summed E-state index contributed by atoms with van der Waals surface area (Å²) in [5.41, 5.74) is 5.42. The number of methoxy groups -OCH3 is 1. The molecule has 0 saturated heterocycles. The van der Waals surface area contributed by atoms with E-state index in [2.05, 4.69) is 30.4 Å². The molecule has 1 aliphatic carbocycles. The fraction of sp³-hybridized carbons (Fsp3) is 0.533. The number of fused-ring (bicyclic) bond motifs is 1.